The lowest BCUT2D eigenvalue weighted by atomic mass is 9.86. The van der Waals surface area contributed by atoms with E-state index in [4.69, 9.17) is 33.2 Å². The van der Waals surface area contributed by atoms with Gasteiger partial charge in [0.1, 0.15) is 0 Å². The first-order chi connectivity index (χ1) is 15.4. The molecule has 0 aliphatic heterocycles. The molecular formula is C12H4Cl3F21Si. The van der Waals surface area contributed by atoms with E-state index in [2.05, 4.69) is 0 Å². The van der Waals surface area contributed by atoms with E-state index >= 15 is 0 Å². The van der Waals surface area contributed by atoms with Gasteiger partial charge in [0.25, 0.3) is 0 Å². The molecule has 0 bridgehead atoms. The van der Waals surface area contributed by atoms with Crippen LogP contribution < -0.4 is 0 Å². The van der Waals surface area contributed by atoms with Crippen LogP contribution in [0.25, 0.3) is 0 Å². The Morgan fingerprint density at radius 3 is 0.757 bits per heavy atom. The SMILES string of the molecule is CC(C(F)(F)C(F)(F)C(F)(F)C(F)(F)C(F)(F)C(F)(F)C(F)(F)C(F)(F)C(F)(F)C(F)(F)F)[Si](Cl)(Cl)Cl. The largest absolute Gasteiger partial charge is 0.460 e. The van der Waals surface area contributed by atoms with E-state index in [1.807, 2.05) is 0 Å². The van der Waals surface area contributed by atoms with Crippen molar-refractivity contribution in [2.45, 2.75) is 71.9 Å². The second-order valence-corrected chi connectivity index (χ2v) is 16.0. The highest BCUT2D eigenvalue weighted by Crippen LogP contribution is 2.67. The van der Waals surface area contributed by atoms with Gasteiger partial charge in [-0.25, -0.2) is 0 Å². The fraction of sp³-hybridized carbons (Fsp3) is 1.00. The molecule has 0 rings (SSSR count). The molecule has 37 heavy (non-hydrogen) atoms. The van der Waals surface area contributed by atoms with Crippen LogP contribution in [0.15, 0.2) is 0 Å². The highest BCUT2D eigenvalue weighted by molar-refractivity contribution is 7.65. The molecule has 0 spiro atoms. The van der Waals surface area contributed by atoms with Crippen LogP contribution in [-0.4, -0.2) is 65.5 Å². The summed E-state index contributed by atoms with van der Waals surface area (Å²) in [5, 5.41) is 0. The summed E-state index contributed by atoms with van der Waals surface area (Å²) in [6.07, 6.45) is -8.02. The Kier molecular flexibility index (Phi) is 8.97. The van der Waals surface area contributed by atoms with Crippen LogP contribution >= 0.6 is 33.2 Å². The summed E-state index contributed by atoms with van der Waals surface area (Å²) < 4.78 is 278. The monoisotopic (exact) mass is 680 g/mol. The summed E-state index contributed by atoms with van der Waals surface area (Å²) in [5.41, 5.74) is -3.80. The van der Waals surface area contributed by atoms with Crippen LogP contribution in [-0.2, 0) is 0 Å². The second-order valence-electron chi connectivity index (χ2n) is 6.98. The molecule has 0 aromatic heterocycles. The van der Waals surface area contributed by atoms with Crippen LogP contribution in [0.1, 0.15) is 6.92 Å². The van der Waals surface area contributed by atoms with E-state index in [1.54, 1.807) is 0 Å². The molecule has 0 saturated carbocycles. The third kappa shape index (κ3) is 4.69. The maximum atomic E-state index is 13.8. The van der Waals surface area contributed by atoms with Crippen molar-refractivity contribution in [3.63, 3.8) is 0 Å². The first kappa shape index (κ1) is 36.6. The standard InChI is InChI=1S/C12H4Cl3F21Si/c1-2(37(13,14)15)3(16,17)4(18,19)5(20,21)6(22,23)7(24,25)8(26,27)9(28,29)10(30,31)11(32,33)12(34,35)36/h2H,1H3. The minimum Gasteiger partial charge on any atom is -0.200 e. The minimum absolute atomic E-state index is 0.401. The van der Waals surface area contributed by atoms with Crippen molar-refractivity contribution in [2.24, 2.45) is 0 Å². The van der Waals surface area contributed by atoms with Gasteiger partial charge in [-0.1, -0.05) is 6.92 Å². The minimum atomic E-state index is -9.22. The Labute approximate surface area is 204 Å². The lowest BCUT2D eigenvalue weighted by molar-refractivity contribution is -0.474. The Bertz CT molecular complexity index is 841. The van der Waals surface area contributed by atoms with Gasteiger partial charge in [0, 0.05) is 0 Å². The number of hydrogen-bond donors (Lipinski definition) is 0. The maximum absolute atomic E-state index is 13.8. The number of hydrogen-bond acceptors (Lipinski definition) is 0. The number of alkyl halides is 21. The van der Waals surface area contributed by atoms with Gasteiger partial charge in [-0.2, -0.15) is 92.2 Å². The van der Waals surface area contributed by atoms with E-state index in [0.29, 0.717) is 0 Å². The number of halogens is 24. The molecule has 0 aromatic rings. The fourth-order valence-electron chi connectivity index (χ4n) is 2.05. The summed E-state index contributed by atoms with van der Waals surface area (Å²) in [5.74, 6) is -77.7. The number of rotatable bonds is 10. The normalized spacial score (nSPS) is 17.8. The molecule has 0 aromatic carbocycles. The van der Waals surface area contributed by atoms with Gasteiger partial charge < -0.3 is 0 Å². The zero-order valence-electron chi connectivity index (χ0n) is 16.1. The molecular weight excluding hydrogens is 678 g/mol. The van der Waals surface area contributed by atoms with Crippen molar-refractivity contribution < 1.29 is 92.2 Å². The Balaban J connectivity index is 7.17. The summed E-state index contributed by atoms with van der Waals surface area (Å²) in [6.45, 7) is -0.401. The summed E-state index contributed by atoms with van der Waals surface area (Å²) in [6, 6.07) is -5.46. The summed E-state index contributed by atoms with van der Waals surface area (Å²) in [7, 11) is 0. The average Bonchev–Trinajstić information content (AvgIpc) is 2.64. The van der Waals surface area contributed by atoms with E-state index in [-0.39, 0.29) is 0 Å². The van der Waals surface area contributed by atoms with Crippen molar-refractivity contribution in [2.75, 3.05) is 0 Å². The van der Waals surface area contributed by atoms with Gasteiger partial charge in [0.05, 0.1) is 5.54 Å². The van der Waals surface area contributed by atoms with Crippen LogP contribution in [0.2, 0.25) is 5.54 Å². The highest BCUT2D eigenvalue weighted by atomic mass is 35.8. The van der Waals surface area contributed by atoms with Crippen molar-refractivity contribution in [3.8, 4) is 0 Å². The predicted octanol–water partition coefficient (Wildman–Crippen LogP) is 9.31. The van der Waals surface area contributed by atoms with Gasteiger partial charge in [-0.15, -0.1) is 33.2 Å². The van der Waals surface area contributed by atoms with Crippen LogP contribution in [0.4, 0.5) is 92.2 Å². The van der Waals surface area contributed by atoms with Crippen molar-refractivity contribution >= 4 is 39.2 Å². The molecule has 25 heteroatoms. The highest BCUT2D eigenvalue weighted by Gasteiger charge is 2.98. The van der Waals surface area contributed by atoms with Gasteiger partial charge in [-0.3, -0.25) is 0 Å². The molecule has 0 aliphatic rings. The Morgan fingerprint density at radius 1 is 0.378 bits per heavy atom. The fourth-order valence-corrected chi connectivity index (χ4v) is 3.87. The van der Waals surface area contributed by atoms with E-state index < -0.39 is 77.9 Å². The zero-order chi connectivity index (χ0) is 31.1. The van der Waals surface area contributed by atoms with E-state index in [9.17, 15) is 92.2 Å². The summed E-state index contributed by atoms with van der Waals surface area (Å²) in [4.78, 5) is 0. The zero-order valence-corrected chi connectivity index (χ0v) is 19.4. The lowest BCUT2D eigenvalue weighted by Gasteiger charge is -2.45. The molecule has 0 heterocycles. The van der Waals surface area contributed by atoms with Gasteiger partial charge in [-0.05, 0) is 0 Å². The lowest BCUT2D eigenvalue weighted by Crippen LogP contribution is -2.77. The molecule has 0 nitrogen and oxygen atoms in total. The van der Waals surface area contributed by atoms with Crippen molar-refractivity contribution in [1.82, 2.24) is 0 Å². The average molecular weight is 682 g/mol. The van der Waals surface area contributed by atoms with Crippen molar-refractivity contribution in [1.29, 1.82) is 0 Å². The van der Waals surface area contributed by atoms with Gasteiger partial charge in [0.15, 0.2) is 0 Å². The van der Waals surface area contributed by atoms with E-state index in [1.165, 1.54) is 0 Å². The topological polar surface area (TPSA) is 0 Å². The van der Waals surface area contributed by atoms with Crippen LogP contribution in [0.5, 0.6) is 0 Å². The third-order valence-electron chi connectivity index (χ3n) is 4.57. The molecule has 1 atom stereocenters. The first-order valence-electron chi connectivity index (χ1n) is 7.94. The maximum Gasteiger partial charge on any atom is 0.460 e. The van der Waals surface area contributed by atoms with Gasteiger partial charge >= 0.3 is 65.5 Å². The summed E-state index contributed by atoms with van der Waals surface area (Å²) >= 11 is 14.4. The third-order valence-corrected chi connectivity index (χ3v) is 8.86. The molecule has 224 valence electrons. The Morgan fingerprint density at radius 2 is 0.568 bits per heavy atom. The van der Waals surface area contributed by atoms with Gasteiger partial charge in [0.2, 0.25) is 0 Å². The quantitative estimate of drug-likeness (QED) is 0.123. The van der Waals surface area contributed by atoms with Crippen LogP contribution in [0.3, 0.4) is 0 Å². The van der Waals surface area contributed by atoms with Crippen molar-refractivity contribution in [3.05, 3.63) is 0 Å². The molecule has 0 amide bonds. The molecule has 1 unspecified atom stereocenters. The first-order valence-corrected chi connectivity index (χ1v) is 13.1. The Hall–Kier alpha value is -0.383. The smallest absolute Gasteiger partial charge is 0.200 e. The molecule has 0 fully saturated rings. The molecule has 0 saturated heterocycles. The predicted molar refractivity (Wildman–Crippen MR) is 83.3 cm³/mol. The second kappa shape index (κ2) is 9.07. The van der Waals surface area contributed by atoms with Crippen LogP contribution in [0, 0.1) is 0 Å². The molecule has 0 aliphatic carbocycles. The molecule has 0 radical (unpaired) electrons. The van der Waals surface area contributed by atoms with E-state index in [0.717, 1.165) is 0 Å². The molecule has 0 N–H and O–H groups in total.